The first kappa shape index (κ1) is 14.0. The fourth-order valence-corrected chi connectivity index (χ4v) is 6.80. The van der Waals surface area contributed by atoms with Crippen LogP contribution in [0.3, 0.4) is 0 Å². The molecule has 2 nitrogen and oxygen atoms in total. The van der Waals surface area contributed by atoms with E-state index in [-0.39, 0.29) is 10.8 Å². The number of rotatable bonds is 2. The van der Waals surface area contributed by atoms with Crippen molar-refractivity contribution in [1.82, 2.24) is 0 Å². The van der Waals surface area contributed by atoms with Crippen LogP contribution in [0.15, 0.2) is 12.1 Å². The fraction of sp³-hybridized carbons (Fsp3) is 0.647. The van der Waals surface area contributed by atoms with Gasteiger partial charge in [0.05, 0.1) is 14.2 Å². The molecule has 4 heteroatoms. The molecule has 1 spiro atoms. The summed E-state index contributed by atoms with van der Waals surface area (Å²) in [6.45, 7) is 4.40. The summed E-state index contributed by atoms with van der Waals surface area (Å²) in [6.07, 6.45) is 2.26. The van der Waals surface area contributed by atoms with Gasteiger partial charge < -0.3 is 9.47 Å². The molecule has 2 saturated carbocycles. The van der Waals surface area contributed by atoms with Crippen molar-refractivity contribution in [3.63, 3.8) is 0 Å². The predicted molar refractivity (Wildman–Crippen MR) is 84.9 cm³/mol. The first-order valence-corrected chi connectivity index (χ1v) is 8.24. The average Bonchev–Trinajstić information content (AvgIpc) is 2.86. The first-order chi connectivity index (χ1) is 9.86. The van der Waals surface area contributed by atoms with Crippen molar-refractivity contribution in [3.8, 4) is 11.5 Å². The van der Waals surface area contributed by atoms with Crippen molar-refractivity contribution < 1.29 is 9.47 Å². The number of hydrogen-bond donors (Lipinski definition) is 0. The molecule has 0 aromatic heterocycles. The number of benzene rings is 1. The van der Waals surface area contributed by atoms with E-state index in [0.717, 1.165) is 24.3 Å². The van der Waals surface area contributed by atoms with Gasteiger partial charge in [-0.3, -0.25) is 0 Å². The number of fused-ring (bicyclic) bond motifs is 3. The highest BCUT2D eigenvalue weighted by molar-refractivity contribution is 6.52. The normalized spacial score (nSPS) is 36.7. The third kappa shape index (κ3) is 1.19. The standard InChI is InChI=1S/C17H20Cl2O2/c1-15(2)16(17(15,18)19)9-5-6-10(16)14-12(21-4)8-7-11(20-3)13(9)14/h7-10H,5-6H2,1-4H3. The molecular formula is C17H20Cl2O2. The Morgan fingerprint density at radius 2 is 1.33 bits per heavy atom. The predicted octanol–water partition coefficient (Wildman–Crippen LogP) is 4.88. The Labute approximate surface area is 135 Å². The minimum Gasteiger partial charge on any atom is -0.496 e. The SMILES string of the molecule is COc1ccc(OC)c2c1C1CCC2C12C(C)(C)C2(Cl)Cl. The maximum atomic E-state index is 6.79. The van der Waals surface area contributed by atoms with Crippen LogP contribution in [-0.2, 0) is 0 Å². The molecule has 2 bridgehead atoms. The quantitative estimate of drug-likeness (QED) is 0.721. The van der Waals surface area contributed by atoms with Gasteiger partial charge in [0.15, 0.2) is 0 Å². The van der Waals surface area contributed by atoms with Crippen molar-refractivity contribution in [3.05, 3.63) is 23.3 Å². The summed E-state index contributed by atoms with van der Waals surface area (Å²) < 4.78 is 10.6. The van der Waals surface area contributed by atoms with E-state index in [4.69, 9.17) is 32.7 Å². The molecular weight excluding hydrogens is 307 g/mol. The Morgan fingerprint density at radius 3 is 1.62 bits per heavy atom. The van der Waals surface area contributed by atoms with Gasteiger partial charge in [0.2, 0.25) is 0 Å². The third-order valence-electron chi connectivity index (χ3n) is 6.46. The maximum absolute atomic E-state index is 6.79. The smallest absolute Gasteiger partial charge is 0.131 e. The summed E-state index contributed by atoms with van der Waals surface area (Å²) >= 11 is 13.6. The number of hydrogen-bond acceptors (Lipinski definition) is 2. The Morgan fingerprint density at radius 1 is 0.952 bits per heavy atom. The zero-order valence-electron chi connectivity index (χ0n) is 12.8. The van der Waals surface area contributed by atoms with E-state index in [1.54, 1.807) is 14.2 Å². The lowest BCUT2D eigenvalue weighted by molar-refractivity contribution is 0.337. The third-order valence-corrected chi connectivity index (χ3v) is 8.03. The van der Waals surface area contributed by atoms with Crippen LogP contribution in [0.5, 0.6) is 11.5 Å². The maximum Gasteiger partial charge on any atom is 0.131 e. The largest absolute Gasteiger partial charge is 0.496 e. The van der Waals surface area contributed by atoms with Crippen LogP contribution in [-0.4, -0.2) is 18.6 Å². The van der Waals surface area contributed by atoms with Gasteiger partial charge in [-0.25, -0.2) is 0 Å². The van der Waals surface area contributed by atoms with Crippen LogP contribution in [0.4, 0.5) is 0 Å². The summed E-state index contributed by atoms with van der Waals surface area (Å²) in [5.74, 6) is 2.63. The second-order valence-electron chi connectivity index (χ2n) is 7.05. The molecule has 2 atom stereocenters. The zero-order valence-corrected chi connectivity index (χ0v) is 14.3. The highest BCUT2D eigenvalue weighted by Crippen LogP contribution is 2.92. The van der Waals surface area contributed by atoms with E-state index in [1.165, 1.54) is 11.1 Å². The molecule has 0 heterocycles. The van der Waals surface area contributed by atoms with Gasteiger partial charge in [0.1, 0.15) is 15.8 Å². The van der Waals surface area contributed by atoms with Gasteiger partial charge in [0, 0.05) is 22.0 Å². The van der Waals surface area contributed by atoms with Gasteiger partial charge in [-0.15, -0.1) is 23.2 Å². The first-order valence-electron chi connectivity index (χ1n) is 7.48. The highest BCUT2D eigenvalue weighted by Gasteiger charge is 2.90. The zero-order chi connectivity index (χ0) is 15.2. The highest BCUT2D eigenvalue weighted by atomic mass is 35.5. The van der Waals surface area contributed by atoms with Gasteiger partial charge >= 0.3 is 0 Å². The second kappa shape index (κ2) is 3.83. The monoisotopic (exact) mass is 326 g/mol. The van der Waals surface area contributed by atoms with Gasteiger partial charge in [0.25, 0.3) is 0 Å². The lowest BCUT2D eigenvalue weighted by Crippen LogP contribution is -2.14. The number of methoxy groups -OCH3 is 2. The van der Waals surface area contributed by atoms with Crippen molar-refractivity contribution in [1.29, 1.82) is 0 Å². The molecule has 3 aliphatic rings. The molecule has 0 amide bonds. The Balaban J connectivity index is 1.99. The molecule has 2 fully saturated rings. The van der Waals surface area contributed by atoms with Crippen molar-refractivity contribution in [2.75, 3.05) is 14.2 Å². The van der Waals surface area contributed by atoms with E-state index < -0.39 is 4.33 Å². The van der Waals surface area contributed by atoms with E-state index in [1.807, 2.05) is 12.1 Å². The number of alkyl halides is 2. The molecule has 0 radical (unpaired) electrons. The molecule has 4 rings (SSSR count). The summed E-state index contributed by atoms with van der Waals surface area (Å²) in [4.78, 5) is 0. The van der Waals surface area contributed by atoms with Crippen LogP contribution >= 0.6 is 23.2 Å². The summed E-state index contributed by atoms with van der Waals surface area (Å²) in [7, 11) is 3.46. The van der Waals surface area contributed by atoms with Crippen LogP contribution in [0.25, 0.3) is 0 Å². The molecule has 2 unspecified atom stereocenters. The van der Waals surface area contributed by atoms with Gasteiger partial charge in [-0.05, 0) is 36.8 Å². The molecule has 0 aliphatic heterocycles. The van der Waals surface area contributed by atoms with Crippen molar-refractivity contribution in [2.24, 2.45) is 10.8 Å². The van der Waals surface area contributed by atoms with E-state index in [9.17, 15) is 0 Å². The molecule has 0 saturated heterocycles. The Hall–Kier alpha value is -0.600. The molecule has 0 N–H and O–H groups in total. The topological polar surface area (TPSA) is 18.5 Å². The van der Waals surface area contributed by atoms with Crippen LogP contribution < -0.4 is 9.47 Å². The van der Waals surface area contributed by atoms with E-state index >= 15 is 0 Å². The summed E-state index contributed by atoms with van der Waals surface area (Å²) in [6, 6.07) is 4.01. The molecule has 1 aromatic rings. The molecule has 21 heavy (non-hydrogen) atoms. The molecule has 3 aliphatic carbocycles. The average molecular weight is 327 g/mol. The lowest BCUT2D eigenvalue weighted by Gasteiger charge is -2.20. The number of ether oxygens (including phenoxy) is 2. The van der Waals surface area contributed by atoms with E-state index in [0.29, 0.717) is 11.8 Å². The summed E-state index contributed by atoms with van der Waals surface area (Å²) in [5, 5.41) is 0. The molecule has 114 valence electrons. The second-order valence-corrected chi connectivity index (χ2v) is 8.38. The minimum atomic E-state index is -0.680. The van der Waals surface area contributed by atoms with Crippen LogP contribution in [0.1, 0.15) is 49.7 Å². The van der Waals surface area contributed by atoms with Gasteiger partial charge in [-0.2, -0.15) is 0 Å². The lowest BCUT2D eigenvalue weighted by atomic mass is 9.83. The Kier molecular flexibility index (Phi) is 2.56. The minimum absolute atomic E-state index is 0.0760. The van der Waals surface area contributed by atoms with Crippen LogP contribution in [0.2, 0.25) is 0 Å². The number of halogens is 2. The molecule has 1 aromatic carbocycles. The Bertz CT molecular complexity index is 581. The fourth-order valence-electron chi connectivity index (χ4n) is 5.59. The van der Waals surface area contributed by atoms with Crippen molar-refractivity contribution in [2.45, 2.75) is 42.9 Å². The summed E-state index contributed by atoms with van der Waals surface area (Å²) in [5.41, 5.74) is 2.39. The van der Waals surface area contributed by atoms with Crippen molar-refractivity contribution >= 4 is 23.2 Å². The van der Waals surface area contributed by atoms with Gasteiger partial charge in [-0.1, -0.05) is 13.8 Å². The van der Waals surface area contributed by atoms with Crippen LogP contribution in [0, 0.1) is 10.8 Å². The van der Waals surface area contributed by atoms with E-state index in [2.05, 4.69) is 13.8 Å².